The number of nitrogens with one attached hydrogen (secondary N) is 1. The Morgan fingerprint density at radius 1 is 1.24 bits per heavy atom. The summed E-state index contributed by atoms with van der Waals surface area (Å²) in [5.74, 6) is 0.455. The van der Waals surface area contributed by atoms with Gasteiger partial charge in [0, 0.05) is 52.2 Å². The van der Waals surface area contributed by atoms with Crippen LogP contribution in [0, 0.1) is 5.92 Å². The van der Waals surface area contributed by atoms with Crippen molar-refractivity contribution in [2.75, 3.05) is 46.3 Å². The third-order valence-electron chi connectivity index (χ3n) is 4.74. The molecule has 114 valence electrons. The Bertz CT molecular complexity index is 472. The Morgan fingerprint density at radius 2 is 1.86 bits per heavy atom. The molecule has 0 bridgehead atoms. The van der Waals surface area contributed by atoms with Gasteiger partial charge in [0.2, 0.25) is 5.91 Å². The molecule has 4 heteroatoms. The molecule has 1 aliphatic heterocycles. The Balaban J connectivity index is 1.49. The minimum Gasteiger partial charge on any atom is -0.344 e. The molecule has 0 spiro atoms. The minimum atomic E-state index is 0.149. The maximum absolute atomic E-state index is 12.6. The van der Waals surface area contributed by atoms with Gasteiger partial charge in [0.05, 0.1) is 0 Å². The molecule has 0 aromatic heterocycles. The fourth-order valence-electron chi connectivity index (χ4n) is 3.38. The molecule has 4 nitrogen and oxygen atoms in total. The molecule has 2 aliphatic rings. The van der Waals surface area contributed by atoms with Crippen molar-refractivity contribution in [3.63, 3.8) is 0 Å². The highest BCUT2D eigenvalue weighted by Gasteiger charge is 2.29. The zero-order valence-corrected chi connectivity index (χ0v) is 12.8. The van der Waals surface area contributed by atoms with Gasteiger partial charge in [0.1, 0.15) is 0 Å². The van der Waals surface area contributed by atoms with E-state index in [0.29, 0.717) is 5.91 Å². The Hall–Kier alpha value is -1.39. The van der Waals surface area contributed by atoms with E-state index in [2.05, 4.69) is 34.5 Å². The van der Waals surface area contributed by atoms with E-state index in [1.807, 2.05) is 11.9 Å². The molecule has 21 heavy (non-hydrogen) atoms. The number of rotatable bonds is 4. The quantitative estimate of drug-likeness (QED) is 0.888. The first-order chi connectivity index (χ1) is 10.2. The predicted molar refractivity (Wildman–Crippen MR) is 84.3 cm³/mol. The van der Waals surface area contributed by atoms with Crippen molar-refractivity contribution < 1.29 is 4.79 Å². The molecule has 1 aromatic carbocycles. The van der Waals surface area contributed by atoms with Crippen molar-refractivity contribution in [2.45, 2.75) is 12.8 Å². The summed E-state index contributed by atoms with van der Waals surface area (Å²) in [4.78, 5) is 16.9. The predicted octanol–water partition coefficient (Wildman–Crippen LogP) is 0.765. The largest absolute Gasteiger partial charge is 0.344 e. The third kappa shape index (κ3) is 3.44. The van der Waals surface area contributed by atoms with Crippen LogP contribution in [0.5, 0.6) is 0 Å². The van der Waals surface area contributed by atoms with Gasteiger partial charge >= 0.3 is 0 Å². The standard InChI is InChI=1S/C17H25N3O/c1-19(10-11-20-8-6-18-7-9-20)17(21)16-12-14-4-2-3-5-15(14)13-16/h2-5,16,18H,6-13H2,1H3. The summed E-state index contributed by atoms with van der Waals surface area (Å²) in [6, 6.07) is 8.45. The van der Waals surface area contributed by atoms with Gasteiger partial charge in [-0.25, -0.2) is 0 Å². The Morgan fingerprint density at radius 3 is 2.48 bits per heavy atom. The summed E-state index contributed by atoms with van der Waals surface area (Å²) in [5, 5.41) is 3.36. The SMILES string of the molecule is CN(CCN1CCNCC1)C(=O)C1Cc2ccccc2C1. The van der Waals surface area contributed by atoms with Crippen molar-refractivity contribution in [3.8, 4) is 0 Å². The van der Waals surface area contributed by atoms with Gasteiger partial charge in [-0.05, 0) is 24.0 Å². The molecule has 3 rings (SSSR count). The van der Waals surface area contributed by atoms with Crippen molar-refractivity contribution in [3.05, 3.63) is 35.4 Å². The van der Waals surface area contributed by atoms with Gasteiger partial charge in [-0.3, -0.25) is 9.69 Å². The van der Waals surface area contributed by atoms with Crippen LogP contribution in [-0.4, -0.2) is 62.0 Å². The topological polar surface area (TPSA) is 35.6 Å². The zero-order chi connectivity index (χ0) is 14.7. The molecule has 0 unspecified atom stereocenters. The van der Waals surface area contributed by atoms with E-state index in [1.165, 1.54) is 11.1 Å². The second-order valence-electron chi connectivity index (χ2n) is 6.23. The molecule has 0 radical (unpaired) electrons. The van der Waals surface area contributed by atoms with Gasteiger partial charge in [-0.1, -0.05) is 24.3 Å². The highest BCUT2D eigenvalue weighted by atomic mass is 16.2. The van der Waals surface area contributed by atoms with E-state index in [-0.39, 0.29) is 5.92 Å². The Kier molecular flexibility index (Phi) is 4.56. The van der Waals surface area contributed by atoms with Crippen LogP contribution in [0.25, 0.3) is 0 Å². The second kappa shape index (κ2) is 6.58. The number of hydrogen-bond donors (Lipinski definition) is 1. The number of amides is 1. The van der Waals surface area contributed by atoms with Gasteiger partial charge in [0.25, 0.3) is 0 Å². The van der Waals surface area contributed by atoms with Crippen LogP contribution in [0.3, 0.4) is 0 Å². The van der Waals surface area contributed by atoms with Crippen molar-refractivity contribution >= 4 is 5.91 Å². The summed E-state index contributed by atoms with van der Waals surface area (Å²) in [6.45, 7) is 6.15. The molecule has 1 aromatic rings. The first kappa shape index (κ1) is 14.5. The lowest BCUT2D eigenvalue weighted by molar-refractivity contribution is -0.134. The van der Waals surface area contributed by atoms with Gasteiger partial charge in [0.15, 0.2) is 0 Å². The van der Waals surface area contributed by atoms with Crippen LogP contribution in [0.4, 0.5) is 0 Å². The van der Waals surface area contributed by atoms with E-state index in [0.717, 1.165) is 52.1 Å². The Labute approximate surface area is 127 Å². The highest BCUT2D eigenvalue weighted by molar-refractivity contribution is 5.80. The lowest BCUT2D eigenvalue weighted by Gasteiger charge is -2.29. The fraction of sp³-hybridized carbons (Fsp3) is 0.588. The monoisotopic (exact) mass is 287 g/mol. The summed E-state index contributed by atoms with van der Waals surface area (Å²) < 4.78 is 0. The molecule has 1 aliphatic carbocycles. The van der Waals surface area contributed by atoms with Crippen LogP contribution < -0.4 is 5.32 Å². The smallest absolute Gasteiger partial charge is 0.226 e. The number of carbonyl (C=O) groups is 1. The molecule has 0 saturated carbocycles. The molecule has 1 heterocycles. The van der Waals surface area contributed by atoms with Crippen molar-refractivity contribution in [2.24, 2.45) is 5.92 Å². The third-order valence-corrected chi connectivity index (χ3v) is 4.74. The normalized spacial score (nSPS) is 19.5. The number of likely N-dealkylation sites (N-methyl/N-ethyl adjacent to an activating group) is 1. The van der Waals surface area contributed by atoms with E-state index in [4.69, 9.17) is 0 Å². The molecule has 1 saturated heterocycles. The van der Waals surface area contributed by atoms with Gasteiger partial charge in [-0.2, -0.15) is 0 Å². The summed E-state index contributed by atoms with van der Waals surface area (Å²) >= 11 is 0. The summed E-state index contributed by atoms with van der Waals surface area (Å²) in [7, 11) is 1.95. The molecule has 0 atom stereocenters. The maximum atomic E-state index is 12.6. The highest BCUT2D eigenvalue weighted by Crippen LogP contribution is 2.27. The maximum Gasteiger partial charge on any atom is 0.226 e. The van der Waals surface area contributed by atoms with Gasteiger partial charge < -0.3 is 10.2 Å². The lowest BCUT2D eigenvalue weighted by atomic mass is 10.1. The number of piperazine rings is 1. The van der Waals surface area contributed by atoms with E-state index >= 15 is 0 Å². The van der Waals surface area contributed by atoms with Crippen LogP contribution >= 0.6 is 0 Å². The van der Waals surface area contributed by atoms with Crippen LogP contribution in [0.2, 0.25) is 0 Å². The van der Waals surface area contributed by atoms with Crippen LogP contribution in [-0.2, 0) is 17.6 Å². The summed E-state index contributed by atoms with van der Waals surface area (Å²) in [5.41, 5.74) is 2.71. The van der Waals surface area contributed by atoms with Crippen LogP contribution in [0.1, 0.15) is 11.1 Å². The minimum absolute atomic E-state index is 0.149. The average molecular weight is 287 g/mol. The molecule has 1 fully saturated rings. The van der Waals surface area contributed by atoms with Crippen LogP contribution in [0.15, 0.2) is 24.3 Å². The molecular formula is C17H25N3O. The number of benzene rings is 1. The molecular weight excluding hydrogens is 262 g/mol. The average Bonchev–Trinajstić information content (AvgIpc) is 2.97. The number of nitrogens with zero attached hydrogens (tertiary/aromatic N) is 2. The lowest BCUT2D eigenvalue weighted by Crippen LogP contribution is -2.47. The number of hydrogen-bond acceptors (Lipinski definition) is 3. The van der Waals surface area contributed by atoms with E-state index in [9.17, 15) is 4.79 Å². The van der Waals surface area contributed by atoms with Crippen molar-refractivity contribution in [1.82, 2.24) is 15.1 Å². The first-order valence-electron chi connectivity index (χ1n) is 7.99. The fourth-order valence-corrected chi connectivity index (χ4v) is 3.38. The van der Waals surface area contributed by atoms with E-state index in [1.54, 1.807) is 0 Å². The zero-order valence-electron chi connectivity index (χ0n) is 12.8. The van der Waals surface area contributed by atoms with Gasteiger partial charge in [-0.15, -0.1) is 0 Å². The molecule has 1 amide bonds. The number of fused-ring (bicyclic) bond motifs is 1. The first-order valence-corrected chi connectivity index (χ1v) is 7.99. The summed E-state index contributed by atoms with van der Waals surface area (Å²) in [6.07, 6.45) is 1.82. The van der Waals surface area contributed by atoms with Crippen molar-refractivity contribution in [1.29, 1.82) is 0 Å². The molecule has 1 N–H and O–H groups in total. The number of carbonyl (C=O) groups excluding carboxylic acids is 1. The second-order valence-corrected chi connectivity index (χ2v) is 6.23. The van der Waals surface area contributed by atoms with E-state index < -0.39 is 0 Å².